The van der Waals surface area contributed by atoms with Gasteiger partial charge in [-0.2, -0.15) is 0 Å². The van der Waals surface area contributed by atoms with Gasteiger partial charge < -0.3 is 8.98 Å². The van der Waals surface area contributed by atoms with Crippen molar-refractivity contribution < 1.29 is 4.42 Å². The summed E-state index contributed by atoms with van der Waals surface area (Å²) in [6, 6.07) is 80.0. The molecule has 0 radical (unpaired) electrons. The largest absolute Gasteiger partial charge is 0.453 e. The Balaban J connectivity index is 1.09. The number of hydrogen-bond acceptors (Lipinski definition) is 5. The molecule has 0 aliphatic rings. The summed E-state index contributed by atoms with van der Waals surface area (Å²) in [4.78, 5) is 21.1. The standard InChI is InChI=1S/C62H39N5O/c1-6-19-40(20-7-1)44-35-45(41-21-8-2-9-22-41)37-46(36-44)47-38-54(62-65-60(42-23-10-3-11-24-42)64-61(66-62)43-25-12-4-13-26-43)56(63-39-47)53-31-18-30-51-52-34-33-50-49-29-16-17-32-55(49)67(48-27-14-5-15-28-48)57(50)59(52)68-58(51)53/h1-39H. The van der Waals surface area contributed by atoms with Gasteiger partial charge in [-0.15, -0.1) is 0 Å². The van der Waals surface area contributed by atoms with E-state index in [4.69, 9.17) is 24.4 Å². The number of rotatable bonds is 8. The number of benzene rings is 9. The van der Waals surface area contributed by atoms with Crippen molar-refractivity contribution in [2.45, 2.75) is 0 Å². The molecule has 4 heterocycles. The molecule has 0 bridgehead atoms. The van der Waals surface area contributed by atoms with Gasteiger partial charge in [-0.3, -0.25) is 4.98 Å². The molecule has 0 spiro atoms. The summed E-state index contributed by atoms with van der Waals surface area (Å²) in [5.74, 6) is 1.65. The summed E-state index contributed by atoms with van der Waals surface area (Å²) in [5.41, 5.74) is 15.2. The van der Waals surface area contributed by atoms with Crippen LogP contribution in [-0.4, -0.2) is 24.5 Å². The number of furan rings is 1. The average molecular weight is 870 g/mol. The molecule has 6 heteroatoms. The average Bonchev–Trinajstić information content (AvgIpc) is 3.98. The highest BCUT2D eigenvalue weighted by atomic mass is 16.3. The lowest BCUT2D eigenvalue weighted by molar-refractivity contribution is 0.672. The van der Waals surface area contributed by atoms with Crippen LogP contribution in [-0.2, 0) is 0 Å². The van der Waals surface area contributed by atoms with Crippen LogP contribution in [0.25, 0.3) is 128 Å². The Labute approximate surface area is 392 Å². The number of para-hydroxylation sites is 3. The predicted molar refractivity (Wildman–Crippen MR) is 277 cm³/mol. The summed E-state index contributed by atoms with van der Waals surface area (Å²) >= 11 is 0. The Morgan fingerprint density at radius 1 is 0.324 bits per heavy atom. The zero-order chi connectivity index (χ0) is 45.0. The van der Waals surface area contributed by atoms with Crippen molar-refractivity contribution in [2.75, 3.05) is 0 Å². The topological polar surface area (TPSA) is 69.6 Å². The number of fused-ring (bicyclic) bond motifs is 7. The smallest absolute Gasteiger partial charge is 0.166 e. The maximum atomic E-state index is 7.25. The highest BCUT2D eigenvalue weighted by Crippen LogP contribution is 2.45. The van der Waals surface area contributed by atoms with Gasteiger partial charge in [0.1, 0.15) is 5.58 Å². The minimum Gasteiger partial charge on any atom is -0.453 e. The van der Waals surface area contributed by atoms with Crippen LogP contribution in [0.1, 0.15) is 0 Å². The first-order valence-electron chi connectivity index (χ1n) is 22.8. The van der Waals surface area contributed by atoms with Gasteiger partial charge in [0.15, 0.2) is 23.1 Å². The van der Waals surface area contributed by atoms with Crippen molar-refractivity contribution in [1.29, 1.82) is 0 Å². The fourth-order valence-electron chi connectivity index (χ4n) is 9.66. The third kappa shape index (κ3) is 6.74. The molecule has 0 unspecified atom stereocenters. The van der Waals surface area contributed by atoms with Crippen LogP contribution in [0.4, 0.5) is 0 Å². The lowest BCUT2D eigenvalue weighted by Crippen LogP contribution is -2.02. The number of nitrogens with zero attached hydrogens (tertiary/aromatic N) is 5. The van der Waals surface area contributed by atoms with Crippen LogP contribution in [0, 0.1) is 0 Å². The van der Waals surface area contributed by atoms with Crippen LogP contribution in [0.5, 0.6) is 0 Å². The second-order valence-electron chi connectivity index (χ2n) is 17.0. The molecule has 318 valence electrons. The molecule has 0 amide bonds. The van der Waals surface area contributed by atoms with Crippen molar-refractivity contribution in [2.24, 2.45) is 0 Å². The SMILES string of the molecule is c1ccc(-c2cc(-c3ccccc3)cc(-c3cnc(-c4cccc5c4oc4c5ccc5c6ccccc6n(-c6ccccc6)c54)c(-c4nc(-c5ccccc5)nc(-c5ccccc5)n4)c3)c2)cc1. The molecule has 0 aliphatic carbocycles. The molecule has 0 fully saturated rings. The first-order chi connectivity index (χ1) is 33.7. The molecule has 0 aliphatic heterocycles. The highest BCUT2D eigenvalue weighted by Gasteiger charge is 2.24. The Hall–Kier alpha value is -9.26. The molecule has 4 aromatic heterocycles. The fraction of sp³-hybridized carbons (Fsp3) is 0. The maximum Gasteiger partial charge on any atom is 0.166 e. The minimum absolute atomic E-state index is 0.504. The van der Waals surface area contributed by atoms with Crippen molar-refractivity contribution >= 4 is 43.7 Å². The van der Waals surface area contributed by atoms with E-state index >= 15 is 0 Å². The van der Waals surface area contributed by atoms with Crippen LogP contribution in [0.2, 0.25) is 0 Å². The van der Waals surface area contributed by atoms with Gasteiger partial charge in [0.2, 0.25) is 0 Å². The molecule has 0 atom stereocenters. The molecule has 0 saturated carbocycles. The van der Waals surface area contributed by atoms with E-state index in [2.05, 4.69) is 174 Å². The van der Waals surface area contributed by atoms with Gasteiger partial charge >= 0.3 is 0 Å². The van der Waals surface area contributed by atoms with E-state index in [1.165, 1.54) is 5.39 Å². The van der Waals surface area contributed by atoms with E-state index in [0.29, 0.717) is 23.2 Å². The molecular weight excluding hydrogens is 831 g/mol. The first kappa shape index (κ1) is 39.1. The monoisotopic (exact) mass is 869 g/mol. The van der Waals surface area contributed by atoms with Crippen molar-refractivity contribution in [3.05, 3.63) is 237 Å². The van der Waals surface area contributed by atoms with Gasteiger partial charge in [0, 0.05) is 61.2 Å². The molecule has 13 aromatic rings. The lowest BCUT2D eigenvalue weighted by atomic mass is 9.92. The highest BCUT2D eigenvalue weighted by molar-refractivity contribution is 6.22. The maximum absolute atomic E-state index is 7.25. The van der Waals surface area contributed by atoms with Crippen LogP contribution >= 0.6 is 0 Å². The van der Waals surface area contributed by atoms with E-state index in [0.717, 1.165) is 99.7 Å². The number of aromatic nitrogens is 5. The normalized spacial score (nSPS) is 11.5. The Kier molecular flexibility index (Phi) is 9.39. The Morgan fingerprint density at radius 2 is 0.809 bits per heavy atom. The summed E-state index contributed by atoms with van der Waals surface area (Å²) in [7, 11) is 0. The fourth-order valence-corrected chi connectivity index (χ4v) is 9.66. The summed E-state index contributed by atoms with van der Waals surface area (Å²) in [5, 5.41) is 4.31. The summed E-state index contributed by atoms with van der Waals surface area (Å²) in [6.45, 7) is 0. The zero-order valence-electron chi connectivity index (χ0n) is 36.7. The third-order valence-electron chi connectivity index (χ3n) is 12.9. The van der Waals surface area contributed by atoms with E-state index in [9.17, 15) is 0 Å². The van der Waals surface area contributed by atoms with Gasteiger partial charge in [-0.25, -0.2) is 15.0 Å². The van der Waals surface area contributed by atoms with Crippen LogP contribution in [0.15, 0.2) is 241 Å². The quantitative estimate of drug-likeness (QED) is 0.152. The summed E-state index contributed by atoms with van der Waals surface area (Å²) < 4.78 is 9.57. The molecule has 0 saturated heterocycles. The molecule has 6 nitrogen and oxygen atoms in total. The van der Waals surface area contributed by atoms with E-state index in [1.54, 1.807) is 0 Å². The number of hydrogen-bond donors (Lipinski definition) is 0. The first-order valence-corrected chi connectivity index (χ1v) is 22.8. The van der Waals surface area contributed by atoms with Crippen molar-refractivity contribution in [1.82, 2.24) is 24.5 Å². The zero-order valence-corrected chi connectivity index (χ0v) is 36.7. The van der Waals surface area contributed by atoms with E-state index in [1.807, 2.05) is 66.9 Å². The third-order valence-corrected chi connectivity index (χ3v) is 12.9. The predicted octanol–water partition coefficient (Wildman–Crippen LogP) is 15.9. The summed E-state index contributed by atoms with van der Waals surface area (Å²) in [6.07, 6.45) is 1.97. The molecular formula is C62H39N5O. The Bertz CT molecular complexity index is 3880. The van der Waals surface area contributed by atoms with Gasteiger partial charge in [0.05, 0.1) is 16.7 Å². The second kappa shape index (κ2) is 16.3. The molecule has 9 aromatic carbocycles. The van der Waals surface area contributed by atoms with Gasteiger partial charge in [-0.1, -0.05) is 176 Å². The van der Waals surface area contributed by atoms with Gasteiger partial charge in [-0.05, 0) is 82.4 Å². The number of pyridine rings is 1. The molecule has 68 heavy (non-hydrogen) atoms. The lowest BCUT2D eigenvalue weighted by Gasteiger charge is -2.15. The van der Waals surface area contributed by atoms with Crippen molar-refractivity contribution in [3.63, 3.8) is 0 Å². The van der Waals surface area contributed by atoms with Crippen LogP contribution in [0.3, 0.4) is 0 Å². The Morgan fingerprint density at radius 3 is 1.43 bits per heavy atom. The second-order valence-corrected chi connectivity index (χ2v) is 17.0. The van der Waals surface area contributed by atoms with Gasteiger partial charge in [0.25, 0.3) is 0 Å². The molecule has 0 N–H and O–H groups in total. The van der Waals surface area contributed by atoms with E-state index < -0.39 is 0 Å². The van der Waals surface area contributed by atoms with Crippen LogP contribution < -0.4 is 0 Å². The van der Waals surface area contributed by atoms with Crippen molar-refractivity contribution in [3.8, 4) is 84.5 Å². The molecule has 13 rings (SSSR count). The minimum atomic E-state index is 0.504. The van der Waals surface area contributed by atoms with E-state index in [-0.39, 0.29) is 0 Å².